The van der Waals surface area contributed by atoms with Gasteiger partial charge in [-0.25, -0.2) is 13.8 Å². The van der Waals surface area contributed by atoms with E-state index in [1.54, 1.807) is 24.3 Å². The third kappa shape index (κ3) is 5.25. The number of amides is 1. The van der Waals surface area contributed by atoms with E-state index in [1.165, 1.54) is 6.26 Å². The molecule has 4 N–H and O–H groups in total. The van der Waals surface area contributed by atoms with E-state index in [0.717, 1.165) is 30.6 Å². The molecule has 9 heteroatoms. The number of ether oxygens (including phenoxy) is 1. The molecule has 1 amide bonds. The number of aromatic amines is 1. The molecule has 0 spiro atoms. The molecule has 3 rings (SSSR count). The molecular weight excluding hydrogens is 378 g/mol. The fourth-order valence-corrected chi connectivity index (χ4v) is 3.96. The van der Waals surface area contributed by atoms with Crippen LogP contribution in [-0.2, 0) is 14.5 Å². The molecule has 152 valence electrons. The van der Waals surface area contributed by atoms with Crippen LogP contribution in [0, 0.1) is 4.78 Å². The van der Waals surface area contributed by atoms with Gasteiger partial charge < -0.3 is 15.4 Å². The average molecular weight is 406 g/mol. The van der Waals surface area contributed by atoms with Crippen molar-refractivity contribution in [2.75, 3.05) is 11.6 Å². The standard InChI is InChI=1S/C19H27N5O3S/c1-12(2)21-19(25)27-15-7-4-13(10-15)17-11-18(24-23-17)22-14-5-8-16(9-6-14)28(3,20)26/h5-6,8-9,11-13,15,20H,4,7,10H2,1-3H3,(H,21,25)(H2,22,23,24)/t13-,15+,28?/m1/s1. The molecule has 0 aliphatic heterocycles. The molecule has 0 saturated heterocycles. The zero-order valence-electron chi connectivity index (χ0n) is 16.3. The first-order chi connectivity index (χ1) is 13.2. The number of alkyl carbamates (subject to hydrolysis) is 1. The van der Waals surface area contributed by atoms with E-state index in [1.807, 2.05) is 19.9 Å². The average Bonchev–Trinajstić information content (AvgIpc) is 3.23. The maximum Gasteiger partial charge on any atom is 0.407 e. The summed E-state index contributed by atoms with van der Waals surface area (Å²) in [7, 11) is -2.71. The summed E-state index contributed by atoms with van der Waals surface area (Å²) in [6.45, 7) is 3.80. The second-order valence-corrected chi connectivity index (χ2v) is 9.70. The number of aromatic nitrogens is 2. The van der Waals surface area contributed by atoms with E-state index in [4.69, 9.17) is 9.52 Å². The molecule has 1 aliphatic carbocycles. The molecule has 0 radical (unpaired) electrons. The van der Waals surface area contributed by atoms with Crippen LogP contribution in [0.5, 0.6) is 0 Å². The maximum absolute atomic E-state index is 11.8. The minimum absolute atomic E-state index is 0.0601. The van der Waals surface area contributed by atoms with Crippen molar-refractivity contribution in [2.24, 2.45) is 0 Å². The Kier molecular flexibility index (Phi) is 5.93. The summed E-state index contributed by atoms with van der Waals surface area (Å²) in [5, 5.41) is 13.3. The Bertz CT molecular complexity index is 921. The van der Waals surface area contributed by atoms with Gasteiger partial charge in [-0.1, -0.05) is 0 Å². The summed E-state index contributed by atoms with van der Waals surface area (Å²) in [5.74, 6) is 0.961. The Morgan fingerprint density at radius 3 is 2.68 bits per heavy atom. The van der Waals surface area contributed by atoms with Gasteiger partial charge in [0.25, 0.3) is 0 Å². The smallest absolute Gasteiger partial charge is 0.407 e. The van der Waals surface area contributed by atoms with Crippen LogP contribution >= 0.6 is 0 Å². The molecule has 1 aliphatic rings. The Morgan fingerprint density at radius 1 is 1.32 bits per heavy atom. The molecule has 8 nitrogen and oxygen atoms in total. The Morgan fingerprint density at radius 2 is 2.04 bits per heavy atom. The molecule has 1 unspecified atom stereocenters. The number of carbonyl (C=O) groups is 1. The number of nitrogens with one attached hydrogen (secondary N) is 4. The molecule has 1 saturated carbocycles. The summed E-state index contributed by atoms with van der Waals surface area (Å²) in [5.41, 5.74) is 1.82. The summed E-state index contributed by atoms with van der Waals surface area (Å²) >= 11 is 0. The van der Waals surface area contributed by atoms with Crippen molar-refractivity contribution in [3.05, 3.63) is 36.0 Å². The lowest BCUT2D eigenvalue weighted by Crippen LogP contribution is -2.33. The number of benzene rings is 1. The quantitative estimate of drug-likeness (QED) is 0.580. The Hall–Kier alpha value is -2.55. The highest BCUT2D eigenvalue weighted by Gasteiger charge is 2.30. The van der Waals surface area contributed by atoms with Crippen LogP contribution in [0.25, 0.3) is 0 Å². The van der Waals surface area contributed by atoms with E-state index < -0.39 is 9.73 Å². The van der Waals surface area contributed by atoms with Gasteiger partial charge >= 0.3 is 6.09 Å². The van der Waals surface area contributed by atoms with Crippen molar-refractivity contribution in [2.45, 2.75) is 56.1 Å². The lowest BCUT2D eigenvalue weighted by molar-refractivity contribution is 0.0981. The molecule has 2 aromatic rings. The van der Waals surface area contributed by atoms with Gasteiger partial charge in [-0.15, -0.1) is 0 Å². The highest BCUT2D eigenvalue weighted by molar-refractivity contribution is 7.91. The number of hydrogen-bond donors (Lipinski definition) is 4. The largest absolute Gasteiger partial charge is 0.446 e. The van der Waals surface area contributed by atoms with Crippen LogP contribution in [0.1, 0.15) is 44.7 Å². The SMILES string of the molecule is CC(C)NC(=O)O[C@H]1CC[C@@H](c2cc(Nc3ccc(S(C)(=N)=O)cc3)n[nH]2)C1. The van der Waals surface area contributed by atoms with Gasteiger partial charge in [0.2, 0.25) is 0 Å². The van der Waals surface area contributed by atoms with Gasteiger partial charge in [0.15, 0.2) is 5.82 Å². The van der Waals surface area contributed by atoms with Crippen LogP contribution < -0.4 is 10.6 Å². The lowest BCUT2D eigenvalue weighted by Gasteiger charge is -2.14. The van der Waals surface area contributed by atoms with Gasteiger partial charge in [-0.05, 0) is 57.4 Å². The zero-order chi connectivity index (χ0) is 20.3. The molecule has 3 atom stereocenters. The van der Waals surface area contributed by atoms with E-state index in [2.05, 4.69) is 20.8 Å². The van der Waals surface area contributed by atoms with Crippen molar-refractivity contribution in [1.82, 2.24) is 15.5 Å². The molecule has 1 aromatic heterocycles. The van der Waals surface area contributed by atoms with Gasteiger partial charge in [0.1, 0.15) is 6.10 Å². The minimum atomic E-state index is -2.71. The van der Waals surface area contributed by atoms with Crippen LogP contribution in [-0.4, -0.2) is 38.9 Å². The number of hydrogen-bond acceptors (Lipinski definition) is 6. The normalized spacial score (nSPS) is 21.3. The third-order valence-electron chi connectivity index (χ3n) is 4.68. The Balaban J connectivity index is 1.56. The Labute approximate surface area is 165 Å². The summed E-state index contributed by atoms with van der Waals surface area (Å²) in [6.07, 6.45) is 3.51. The van der Waals surface area contributed by atoms with Crippen molar-refractivity contribution < 1.29 is 13.7 Å². The third-order valence-corrected chi connectivity index (χ3v) is 5.85. The highest BCUT2D eigenvalue weighted by Crippen LogP contribution is 2.36. The fraction of sp³-hybridized carbons (Fsp3) is 0.474. The predicted molar refractivity (Wildman–Crippen MR) is 108 cm³/mol. The second-order valence-electron chi connectivity index (χ2n) is 7.54. The predicted octanol–water partition coefficient (Wildman–Crippen LogP) is 3.96. The van der Waals surface area contributed by atoms with E-state index in [9.17, 15) is 9.00 Å². The molecule has 1 fully saturated rings. The molecule has 28 heavy (non-hydrogen) atoms. The number of rotatable bonds is 6. The minimum Gasteiger partial charge on any atom is -0.446 e. The summed E-state index contributed by atoms with van der Waals surface area (Å²) in [4.78, 5) is 12.3. The van der Waals surface area contributed by atoms with Gasteiger partial charge in [0.05, 0.1) is 9.73 Å². The van der Waals surface area contributed by atoms with Crippen molar-refractivity contribution in [3.63, 3.8) is 0 Å². The number of H-pyrrole nitrogens is 1. The monoisotopic (exact) mass is 405 g/mol. The first-order valence-corrected chi connectivity index (χ1v) is 11.3. The molecule has 0 bridgehead atoms. The van der Waals surface area contributed by atoms with E-state index in [0.29, 0.717) is 10.7 Å². The first kappa shape index (κ1) is 20.2. The van der Waals surface area contributed by atoms with Crippen molar-refractivity contribution in [3.8, 4) is 0 Å². The summed E-state index contributed by atoms with van der Waals surface area (Å²) < 4.78 is 24.8. The molecule has 1 aromatic carbocycles. The van der Waals surface area contributed by atoms with E-state index in [-0.39, 0.29) is 24.2 Å². The topological polar surface area (TPSA) is 120 Å². The molecule has 1 heterocycles. The van der Waals surface area contributed by atoms with Crippen LogP contribution in [0.3, 0.4) is 0 Å². The van der Waals surface area contributed by atoms with Crippen LogP contribution in [0.15, 0.2) is 35.2 Å². The van der Waals surface area contributed by atoms with E-state index >= 15 is 0 Å². The maximum atomic E-state index is 11.8. The fourth-order valence-electron chi connectivity index (χ4n) is 3.31. The molecular formula is C19H27N5O3S. The second kappa shape index (κ2) is 8.22. The van der Waals surface area contributed by atoms with Gasteiger partial charge in [0, 0.05) is 40.6 Å². The highest BCUT2D eigenvalue weighted by atomic mass is 32.2. The van der Waals surface area contributed by atoms with Crippen LogP contribution in [0.4, 0.5) is 16.3 Å². The van der Waals surface area contributed by atoms with Crippen molar-refractivity contribution in [1.29, 1.82) is 4.78 Å². The van der Waals surface area contributed by atoms with Crippen molar-refractivity contribution >= 4 is 27.3 Å². The lowest BCUT2D eigenvalue weighted by atomic mass is 10.0. The zero-order valence-corrected chi connectivity index (χ0v) is 17.1. The number of anilines is 2. The van der Waals surface area contributed by atoms with Gasteiger partial charge in [-0.2, -0.15) is 5.10 Å². The van der Waals surface area contributed by atoms with Gasteiger partial charge in [-0.3, -0.25) is 5.10 Å². The van der Waals surface area contributed by atoms with Crippen LogP contribution in [0.2, 0.25) is 0 Å². The number of nitrogens with zero attached hydrogens (tertiary/aromatic N) is 1. The first-order valence-electron chi connectivity index (χ1n) is 9.34. The summed E-state index contributed by atoms with van der Waals surface area (Å²) in [6, 6.07) is 8.97. The number of carbonyl (C=O) groups excluding carboxylic acids is 1.